The van der Waals surface area contributed by atoms with Gasteiger partial charge in [-0.2, -0.15) is 0 Å². The number of hydrogen-bond donors (Lipinski definition) is 2. The van der Waals surface area contributed by atoms with Crippen molar-refractivity contribution in [1.82, 2.24) is 5.32 Å². The Kier molecular flexibility index (Phi) is 7.50. The SMILES string of the molecule is CN=C(NCCOc1ccc2c(c1)OCO2)Nc1ccc2c(c1)OCCCO2.I. The molecule has 0 spiro atoms. The van der Waals surface area contributed by atoms with E-state index >= 15 is 0 Å². The molecule has 9 heteroatoms. The van der Waals surface area contributed by atoms with Gasteiger partial charge in [-0.3, -0.25) is 4.99 Å². The van der Waals surface area contributed by atoms with Crippen molar-refractivity contribution in [3.63, 3.8) is 0 Å². The summed E-state index contributed by atoms with van der Waals surface area (Å²) in [5.74, 6) is 4.33. The molecule has 8 nitrogen and oxygen atoms in total. The molecule has 2 aliphatic rings. The Bertz CT molecular complexity index is 862. The molecule has 2 heterocycles. The maximum absolute atomic E-state index is 5.75. The van der Waals surface area contributed by atoms with Gasteiger partial charge in [-0.25, -0.2) is 0 Å². The first-order valence-electron chi connectivity index (χ1n) is 9.21. The number of fused-ring (bicyclic) bond motifs is 2. The quantitative estimate of drug-likeness (QED) is 0.275. The minimum absolute atomic E-state index is 0. The molecule has 2 aromatic rings. The largest absolute Gasteiger partial charge is 0.492 e. The van der Waals surface area contributed by atoms with Gasteiger partial charge >= 0.3 is 0 Å². The number of aliphatic imine (C=N–C) groups is 1. The lowest BCUT2D eigenvalue weighted by Gasteiger charge is -2.14. The van der Waals surface area contributed by atoms with Gasteiger partial charge in [-0.15, -0.1) is 24.0 Å². The average molecular weight is 513 g/mol. The molecule has 2 aromatic carbocycles. The van der Waals surface area contributed by atoms with E-state index in [1.807, 2.05) is 36.4 Å². The van der Waals surface area contributed by atoms with Gasteiger partial charge in [0.1, 0.15) is 12.4 Å². The maximum atomic E-state index is 5.75. The van der Waals surface area contributed by atoms with Crippen LogP contribution in [0.5, 0.6) is 28.7 Å². The van der Waals surface area contributed by atoms with Gasteiger partial charge in [0.25, 0.3) is 0 Å². The lowest BCUT2D eigenvalue weighted by atomic mass is 10.3. The van der Waals surface area contributed by atoms with Crippen LogP contribution in [0.2, 0.25) is 0 Å². The third-order valence-electron chi connectivity index (χ3n) is 4.24. The Hall–Kier alpha value is -2.56. The first-order chi connectivity index (χ1) is 13.8. The van der Waals surface area contributed by atoms with Crippen LogP contribution < -0.4 is 34.3 Å². The fourth-order valence-electron chi connectivity index (χ4n) is 2.86. The predicted octanol–water partition coefficient (Wildman–Crippen LogP) is 3.26. The molecule has 0 amide bonds. The second kappa shape index (κ2) is 10.3. The highest BCUT2D eigenvalue weighted by atomic mass is 127. The Labute approximate surface area is 186 Å². The van der Waals surface area contributed by atoms with Crippen molar-refractivity contribution in [3.05, 3.63) is 36.4 Å². The fraction of sp³-hybridized carbons (Fsp3) is 0.350. The standard InChI is InChI=1S/C20H23N3O5.HI/c1-21-20(23-14-3-5-16-18(11-14)26-9-2-8-25-16)22-7-10-24-15-4-6-17-19(12-15)28-13-27-17;/h3-6,11-12H,2,7-10,13H2,1H3,(H2,21,22,23);1H. The second-order valence-electron chi connectivity index (χ2n) is 6.20. The minimum atomic E-state index is 0. The van der Waals surface area contributed by atoms with E-state index in [1.54, 1.807) is 7.05 Å². The molecule has 4 rings (SSSR count). The van der Waals surface area contributed by atoms with Gasteiger partial charge in [-0.1, -0.05) is 0 Å². The van der Waals surface area contributed by atoms with Crippen LogP contribution in [0.4, 0.5) is 5.69 Å². The highest BCUT2D eigenvalue weighted by Crippen LogP contribution is 2.35. The predicted molar refractivity (Wildman–Crippen MR) is 121 cm³/mol. The lowest BCUT2D eigenvalue weighted by Crippen LogP contribution is -2.33. The van der Waals surface area contributed by atoms with E-state index in [1.165, 1.54) is 0 Å². The zero-order chi connectivity index (χ0) is 19.2. The Balaban J connectivity index is 0.00000240. The van der Waals surface area contributed by atoms with Crippen LogP contribution in [0.25, 0.3) is 0 Å². The average Bonchev–Trinajstić information content (AvgIpc) is 3.06. The van der Waals surface area contributed by atoms with Crippen molar-refractivity contribution in [2.75, 3.05) is 45.5 Å². The van der Waals surface area contributed by atoms with Crippen LogP contribution in [0, 0.1) is 0 Å². The smallest absolute Gasteiger partial charge is 0.231 e. The molecule has 29 heavy (non-hydrogen) atoms. The van der Waals surface area contributed by atoms with Gasteiger partial charge in [0, 0.05) is 31.3 Å². The summed E-state index contributed by atoms with van der Waals surface area (Å²) in [6.07, 6.45) is 0.879. The molecule has 0 radical (unpaired) electrons. The molecular formula is C20H24IN3O5. The molecule has 156 valence electrons. The third kappa shape index (κ3) is 5.49. The molecule has 0 fully saturated rings. The number of nitrogens with zero attached hydrogens (tertiary/aromatic N) is 1. The summed E-state index contributed by atoms with van der Waals surface area (Å²) in [5.41, 5.74) is 0.869. The van der Waals surface area contributed by atoms with E-state index in [-0.39, 0.29) is 30.8 Å². The van der Waals surface area contributed by atoms with Gasteiger partial charge in [0.05, 0.1) is 19.8 Å². The van der Waals surface area contributed by atoms with Crippen LogP contribution in [0.3, 0.4) is 0 Å². The maximum Gasteiger partial charge on any atom is 0.231 e. The lowest BCUT2D eigenvalue weighted by molar-refractivity contribution is 0.173. The minimum Gasteiger partial charge on any atom is -0.492 e. The number of hydrogen-bond acceptors (Lipinski definition) is 6. The topological polar surface area (TPSA) is 82.6 Å². The summed E-state index contributed by atoms with van der Waals surface area (Å²) in [7, 11) is 1.72. The molecule has 2 N–H and O–H groups in total. The molecule has 0 saturated heterocycles. The van der Waals surface area contributed by atoms with Crippen molar-refractivity contribution in [3.8, 4) is 28.7 Å². The molecular weight excluding hydrogens is 489 g/mol. The molecule has 0 bridgehead atoms. The molecule has 0 atom stereocenters. The monoisotopic (exact) mass is 513 g/mol. The number of ether oxygens (including phenoxy) is 5. The molecule has 2 aliphatic heterocycles. The summed E-state index contributed by atoms with van der Waals surface area (Å²) in [6, 6.07) is 11.3. The van der Waals surface area contributed by atoms with E-state index in [4.69, 9.17) is 23.7 Å². The zero-order valence-electron chi connectivity index (χ0n) is 16.1. The first kappa shape index (κ1) is 21.2. The van der Waals surface area contributed by atoms with E-state index in [9.17, 15) is 0 Å². The Morgan fingerprint density at radius 2 is 1.69 bits per heavy atom. The fourth-order valence-corrected chi connectivity index (χ4v) is 2.86. The van der Waals surface area contributed by atoms with E-state index in [0.717, 1.165) is 35.1 Å². The van der Waals surface area contributed by atoms with Gasteiger partial charge in [-0.05, 0) is 24.3 Å². The molecule has 0 unspecified atom stereocenters. The van der Waals surface area contributed by atoms with Crippen LogP contribution >= 0.6 is 24.0 Å². The highest BCUT2D eigenvalue weighted by Gasteiger charge is 2.14. The normalized spacial score (nSPS) is 14.4. The van der Waals surface area contributed by atoms with E-state index in [2.05, 4.69) is 15.6 Å². The van der Waals surface area contributed by atoms with Crippen molar-refractivity contribution in [1.29, 1.82) is 0 Å². The first-order valence-corrected chi connectivity index (χ1v) is 9.21. The summed E-state index contributed by atoms with van der Waals surface area (Å²) in [6.45, 7) is 2.63. The van der Waals surface area contributed by atoms with Gasteiger partial charge in [0.15, 0.2) is 29.0 Å². The number of rotatable bonds is 5. The van der Waals surface area contributed by atoms with Gasteiger partial charge < -0.3 is 34.3 Å². The number of benzene rings is 2. The summed E-state index contributed by atoms with van der Waals surface area (Å²) >= 11 is 0. The number of nitrogens with one attached hydrogen (secondary N) is 2. The number of guanidine groups is 1. The molecule has 0 saturated carbocycles. The van der Waals surface area contributed by atoms with Crippen molar-refractivity contribution < 1.29 is 23.7 Å². The van der Waals surface area contributed by atoms with Crippen LogP contribution in [0.1, 0.15) is 6.42 Å². The van der Waals surface area contributed by atoms with E-state index in [0.29, 0.717) is 38.1 Å². The van der Waals surface area contributed by atoms with E-state index < -0.39 is 0 Å². The van der Waals surface area contributed by atoms with Crippen LogP contribution in [-0.4, -0.2) is 46.2 Å². The molecule has 0 aliphatic carbocycles. The van der Waals surface area contributed by atoms with Gasteiger partial charge in [0.2, 0.25) is 6.79 Å². The number of anilines is 1. The summed E-state index contributed by atoms with van der Waals surface area (Å²) in [4.78, 5) is 4.24. The Morgan fingerprint density at radius 3 is 2.55 bits per heavy atom. The summed E-state index contributed by atoms with van der Waals surface area (Å²) < 4.78 is 27.8. The van der Waals surface area contributed by atoms with Crippen molar-refractivity contribution >= 4 is 35.6 Å². The van der Waals surface area contributed by atoms with Crippen LogP contribution in [-0.2, 0) is 0 Å². The zero-order valence-corrected chi connectivity index (χ0v) is 18.4. The molecule has 0 aromatic heterocycles. The van der Waals surface area contributed by atoms with Crippen molar-refractivity contribution in [2.24, 2.45) is 4.99 Å². The number of halogens is 1. The highest BCUT2D eigenvalue weighted by molar-refractivity contribution is 14.0. The van der Waals surface area contributed by atoms with Crippen LogP contribution in [0.15, 0.2) is 41.4 Å². The Morgan fingerprint density at radius 1 is 0.966 bits per heavy atom. The third-order valence-corrected chi connectivity index (χ3v) is 4.24. The van der Waals surface area contributed by atoms with Crippen molar-refractivity contribution in [2.45, 2.75) is 6.42 Å². The second-order valence-corrected chi connectivity index (χ2v) is 6.20. The summed E-state index contributed by atoms with van der Waals surface area (Å²) in [5, 5.41) is 6.46.